The molecular formula is C16H20N4O4. The van der Waals surface area contributed by atoms with Gasteiger partial charge in [-0.2, -0.15) is 0 Å². The number of hydrogen-bond donors (Lipinski definition) is 2. The van der Waals surface area contributed by atoms with Gasteiger partial charge >= 0.3 is 0 Å². The fourth-order valence-corrected chi connectivity index (χ4v) is 2.14. The van der Waals surface area contributed by atoms with Crippen molar-refractivity contribution in [2.24, 2.45) is 5.73 Å². The molecule has 2 aromatic rings. The SMILES string of the molecule is COc1cc(C(=O)N[C@@H](C)Cn2ccnc2)ccc1OCC(N)=O. The molecule has 24 heavy (non-hydrogen) atoms. The molecule has 0 unspecified atom stereocenters. The zero-order valence-corrected chi connectivity index (χ0v) is 13.6. The summed E-state index contributed by atoms with van der Waals surface area (Å²) in [5.74, 6) is -0.125. The molecule has 0 fully saturated rings. The molecule has 0 saturated heterocycles. The summed E-state index contributed by atoms with van der Waals surface area (Å²) in [4.78, 5) is 27.1. The van der Waals surface area contributed by atoms with Crippen molar-refractivity contribution >= 4 is 11.8 Å². The van der Waals surface area contributed by atoms with Crippen LogP contribution in [0.25, 0.3) is 0 Å². The number of carbonyl (C=O) groups is 2. The van der Waals surface area contributed by atoms with Gasteiger partial charge in [0.15, 0.2) is 18.1 Å². The number of nitrogens with zero attached hydrogens (tertiary/aromatic N) is 2. The number of nitrogens with two attached hydrogens (primary N) is 1. The predicted molar refractivity (Wildman–Crippen MR) is 86.8 cm³/mol. The van der Waals surface area contributed by atoms with Gasteiger partial charge in [0.1, 0.15) is 0 Å². The van der Waals surface area contributed by atoms with E-state index in [-0.39, 0.29) is 18.6 Å². The third-order valence-electron chi connectivity index (χ3n) is 3.22. The smallest absolute Gasteiger partial charge is 0.255 e. The van der Waals surface area contributed by atoms with Crippen LogP contribution in [0.4, 0.5) is 0 Å². The van der Waals surface area contributed by atoms with Gasteiger partial charge in [0.2, 0.25) is 0 Å². The first-order chi connectivity index (χ1) is 11.5. The highest BCUT2D eigenvalue weighted by Gasteiger charge is 2.14. The summed E-state index contributed by atoms with van der Waals surface area (Å²) in [7, 11) is 1.45. The van der Waals surface area contributed by atoms with Crippen molar-refractivity contribution in [1.82, 2.24) is 14.9 Å². The molecule has 0 aliphatic rings. The Morgan fingerprint density at radius 2 is 2.17 bits per heavy atom. The first-order valence-electron chi connectivity index (χ1n) is 7.35. The van der Waals surface area contributed by atoms with Crippen molar-refractivity contribution in [3.63, 3.8) is 0 Å². The van der Waals surface area contributed by atoms with Crippen LogP contribution in [-0.2, 0) is 11.3 Å². The Kier molecular flexibility index (Phi) is 5.78. The zero-order chi connectivity index (χ0) is 17.5. The Bertz CT molecular complexity index is 700. The van der Waals surface area contributed by atoms with E-state index in [2.05, 4.69) is 10.3 Å². The van der Waals surface area contributed by atoms with Gasteiger partial charge in [-0.15, -0.1) is 0 Å². The lowest BCUT2D eigenvalue weighted by Gasteiger charge is -2.15. The van der Waals surface area contributed by atoms with E-state index in [1.165, 1.54) is 7.11 Å². The van der Waals surface area contributed by atoms with E-state index < -0.39 is 5.91 Å². The number of carbonyl (C=O) groups excluding carboxylic acids is 2. The molecule has 0 spiro atoms. The Hall–Kier alpha value is -3.03. The van der Waals surface area contributed by atoms with Crippen molar-refractivity contribution in [3.8, 4) is 11.5 Å². The summed E-state index contributed by atoms with van der Waals surface area (Å²) in [6.07, 6.45) is 5.21. The van der Waals surface area contributed by atoms with Crippen LogP contribution in [0, 0.1) is 0 Å². The fraction of sp³-hybridized carbons (Fsp3) is 0.312. The fourth-order valence-electron chi connectivity index (χ4n) is 2.14. The number of amides is 2. The van der Waals surface area contributed by atoms with E-state index in [1.807, 2.05) is 17.7 Å². The number of aromatic nitrogens is 2. The van der Waals surface area contributed by atoms with E-state index >= 15 is 0 Å². The molecule has 0 aliphatic heterocycles. The number of benzene rings is 1. The predicted octanol–water partition coefficient (Wildman–Crippen LogP) is 0.574. The van der Waals surface area contributed by atoms with Crippen molar-refractivity contribution in [2.75, 3.05) is 13.7 Å². The van der Waals surface area contributed by atoms with Crippen LogP contribution in [0.2, 0.25) is 0 Å². The van der Waals surface area contributed by atoms with Crippen LogP contribution in [0.15, 0.2) is 36.9 Å². The minimum Gasteiger partial charge on any atom is -0.493 e. The van der Waals surface area contributed by atoms with E-state index in [1.54, 1.807) is 30.7 Å². The van der Waals surface area contributed by atoms with E-state index in [0.29, 0.717) is 23.6 Å². The third kappa shape index (κ3) is 4.73. The minimum absolute atomic E-state index is 0.0801. The molecule has 0 saturated carbocycles. The van der Waals surface area contributed by atoms with Gasteiger partial charge in [-0.05, 0) is 25.1 Å². The molecule has 1 aromatic heterocycles. The van der Waals surface area contributed by atoms with Crippen molar-refractivity contribution < 1.29 is 19.1 Å². The highest BCUT2D eigenvalue weighted by Crippen LogP contribution is 2.28. The lowest BCUT2D eigenvalue weighted by molar-refractivity contribution is -0.119. The maximum Gasteiger partial charge on any atom is 0.255 e. The molecule has 0 radical (unpaired) electrons. The number of rotatable bonds is 8. The first kappa shape index (κ1) is 17.3. The van der Waals surface area contributed by atoms with Crippen LogP contribution < -0.4 is 20.5 Å². The normalized spacial score (nSPS) is 11.6. The summed E-state index contributed by atoms with van der Waals surface area (Å²) < 4.78 is 12.3. The molecule has 128 valence electrons. The van der Waals surface area contributed by atoms with Crippen LogP contribution >= 0.6 is 0 Å². The number of primary amides is 1. The Morgan fingerprint density at radius 3 is 2.79 bits per heavy atom. The Balaban J connectivity index is 2.02. The first-order valence-corrected chi connectivity index (χ1v) is 7.35. The average Bonchev–Trinajstić information content (AvgIpc) is 3.05. The second-order valence-corrected chi connectivity index (χ2v) is 5.25. The summed E-state index contributed by atoms with van der Waals surface area (Å²) in [5, 5.41) is 2.90. The lowest BCUT2D eigenvalue weighted by Crippen LogP contribution is -2.35. The van der Waals surface area contributed by atoms with Crippen molar-refractivity contribution in [2.45, 2.75) is 19.5 Å². The third-order valence-corrected chi connectivity index (χ3v) is 3.22. The number of imidazole rings is 1. The zero-order valence-electron chi connectivity index (χ0n) is 13.6. The van der Waals surface area contributed by atoms with Gasteiger partial charge in [0, 0.05) is 30.5 Å². The van der Waals surface area contributed by atoms with Gasteiger partial charge in [0.05, 0.1) is 13.4 Å². The summed E-state index contributed by atoms with van der Waals surface area (Å²) in [6.45, 7) is 2.26. The maximum atomic E-state index is 12.3. The van der Waals surface area contributed by atoms with Crippen molar-refractivity contribution in [3.05, 3.63) is 42.5 Å². The molecule has 8 heteroatoms. The molecule has 1 atom stereocenters. The molecule has 1 heterocycles. The average molecular weight is 332 g/mol. The van der Waals surface area contributed by atoms with E-state index in [0.717, 1.165) is 0 Å². The van der Waals surface area contributed by atoms with Gasteiger partial charge in [-0.3, -0.25) is 9.59 Å². The number of nitrogens with one attached hydrogen (secondary N) is 1. The molecule has 1 aromatic carbocycles. The number of hydrogen-bond acceptors (Lipinski definition) is 5. The number of methoxy groups -OCH3 is 1. The second kappa shape index (κ2) is 8.00. The largest absolute Gasteiger partial charge is 0.493 e. The van der Waals surface area contributed by atoms with Gasteiger partial charge in [-0.1, -0.05) is 0 Å². The Labute approximate surface area is 139 Å². The van der Waals surface area contributed by atoms with Gasteiger partial charge < -0.3 is 25.1 Å². The second-order valence-electron chi connectivity index (χ2n) is 5.25. The highest BCUT2D eigenvalue weighted by atomic mass is 16.5. The number of ether oxygens (including phenoxy) is 2. The van der Waals surface area contributed by atoms with Crippen LogP contribution in [0.1, 0.15) is 17.3 Å². The minimum atomic E-state index is -0.591. The Morgan fingerprint density at radius 1 is 1.38 bits per heavy atom. The van der Waals surface area contributed by atoms with Crippen molar-refractivity contribution in [1.29, 1.82) is 0 Å². The summed E-state index contributed by atoms with van der Waals surface area (Å²) in [6, 6.07) is 4.63. The van der Waals surface area contributed by atoms with E-state index in [4.69, 9.17) is 15.2 Å². The quantitative estimate of drug-likeness (QED) is 0.735. The monoisotopic (exact) mass is 332 g/mol. The van der Waals surface area contributed by atoms with Crippen LogP contribution in [0.5, 0.6) is 11.5 Å². The van der Waals surface area contributed by atoms with Gasteiger partial charge in [-0.25, -0.2) is 4.98 Å². The molecule has 0 aliphatic carbocycles. The maximum absolute atomic E-state index is 12.3. The molecule has 8 nitrogen and oxygen atoms in total. The topological polar surface area (TPSA) is 108 Å². The van der Waals surface area contributed by atoms with Crippen LogP contribution in [-0.4, -0.2) is 41.1 Å². The van der Waals surface area contributed by atoms with Crippen LogP contribution in [0.3, 0.4) is 0 Å². The molecular weight excluding hydrogens is 312 g/mol. The molecule has 3 N–H and O–H groups in total. The standard InChI is InChI=1S/C16H20N4O4/c1-11(8-20-6-5-18-10-20)19-16(22)12-3-4-13(14(7-12)23-2)24-9-15(17)21/h3-7,10-11H,8-9H2,1-2H3,(H2,17,21)(H,19,22)/t11-/m0/s1. The summed E-state index contributed by atoms with van der Waals surface area (Å²) in [5.41, 5.74) is 5.47. The summed E-state index contributed by atoms with van der Waals surface area (Å²) >= 11 is 0. The molecule has 2 amide bonds. The van der Waals surface area contributed by atoms with Gasteiger partial charge in [0.25, 0.3) is 11.8 Å². The van der Waals surface area contributed by atoms with E-state index in [9.17, 15) is 9.59 Å². The molecule has 0 bridgehead atoms. The highest BCUT2D eigenvalue weighted by molar-refractivity contribution is 5.95. The molecule has 2 rings (SSSR count). The lowest BCUT2D eigenvalue weighted by atomic mass is 10.1.